The highest BCUT2D eigenvalue weighted by molar-refractivity contribution is 7.89. The molecule has 2 rings (SSSR count). The van der Waals surface area contributed by atoms with E-state index >= 15 is 0 Å². The van der Waals surface area contributed by atoms with E-state index in [-0.39, 0.29) is 10.8 Å². The maximum absolute atomic E-state index is 12.1. The Kier molecular flexibility index (Phi) is 5.75. The van der Waals surface area contributed by atoms with E-state index < -0.39 is 10.0 Å². The summed E-state index contributed by atoms with van der Waals surface area (Å²) < 4.78 is 25.6. The zero-order chi connectivity index (χ0) is 17.7. The highest BCUT2D eigenvalue weighted by atomic mass is 32.2. The van der Waals surface area contributed by atoms with Crippen molar-refractivity contribution < 1.29 is 13.2 Å². The molecule has 0 saturated carbocycles. The average Bonchev–Trinajstić information content (AvgIpc) is 2.52. The predicted octanol–water partition coefficient (Wildman–Crippen LogP) is 2.78. The van der Waals surface area contributed by atoms with Gasteiger partial charge in [0, 0.05) is 12.1 Å². The van der Waals surface area contributed by atoms with Crippen LogP contribution in [0.1, 0.15) is 23.1 Å². The maximum atomic E-state index is 12.1. The normalized spacial score (nSPS) is 11.3. The van der Waals surface area contributed by atoms with Gasteiger partial charge in [-0.25, -0.2) is 13.1 Å². The van der Waals surface area contributed by atoms with Gasteiger partial charge in [0.25, 0.3) is 0 Å². The number of nitrogens with one attached hydrogen (secondary N) is 2. The van der Waals surface area contributed by atoms with Crippen LogP contribution in [0.4, 0.5) is 5.69 Å². The first kappa shape index (κ1) is 18.2. The van der Waals surface area contributed by atoms with Crippen molar-refractivity contribution in [1.82, 2.24) is 4.72 Å². The zero-order valence-corrected chi connectivity index (χ0v) is 14.9. The van der Waals surface area contributed by atoms with E-state index in [9.17, 15) is 13.2 Å². The van der Waals surface area contributed by atoms with Gasteiger partial charge in [-0.2, -0.15) is 0 Å². The summed E-state index contributed by atoms with van der Waals surface area (Å²) in [5.74, 6) is -0.0630. The number of benzene rings is 2. The molecule has 0 spiro atoms. The molecule has 0 aliphatic carbocycles. The summed E-state index contributed by atoms with van der Waals surface area (Å²) in [6.07, 6.45) is 0.891. The monoisotopic (exact) mass is 346 g/mol. The van der Waals surface area contributed by atoms with E-state index in [1.54, 1.807) is 24.3 Å². The third kappa shape index (κ3) is 4.91. The van der Waals surface area contributed by atoms with E-state index in [4.69, 9.17) is 0 Å². The van der Waals surface area contributed by atoms with Crippen molar-refractivity contribution in [3.63, 3.8) is 0 Å². The van der Waals surface area contributed by atoms with Crippen LogP contribution >= 0.6 is 0 Å². The minimum Gasteiger partial charge on any atom is -0.326 e. The zero-order valence-electron chi connectivity index (χ0n) is 14.1. The number of amides is 1. The minimum atomic E-state index is -3.42. The molecule has 128 valence electrons. The second kappa shape index (κ2) is 7.59. The van der Waals surface area contributed by atoms with Crippen LogP contribution < -0.4 is 10.0 Å². The summed E-state index contributed by atoms with van der Waals surface area (Å²) in [5, 5.41) is 2.89. The average molecular weight is 346 g/mol. The quantitative estimate of drug-likeness (QED) is 0.844. The molecule has 5 nitrogen and oxygen atoms in total. The third-order valence-electron chi connectivity index (χ3n) is 3.65. The van der Waals surface area contributed by atoms with Gasteiger partial charge in [0.05, 0.1) is 4.90 Å². The van der Waals surface area contributed by atoms with Crippen molar-refractivity contribution >= 4 is 21.6 Å². The van der Waals surface area contributed by atoms with E-state index in [1.165, 1.54) is 7.05 Å². The summed E-state index contributed by atoms with van der Waals surface area (Å²) in [6.45, 7) is 3.98. The topological polar surface area (TPSA) is 75.3 Å². The lowest BCUT2D eigenvalue weighted by atomic mass is 10.1. The molecule has 0 aromatic heterocycles. The van der Waals surface area contributed by atoms with Crippen molar-refractivity contribution in [3.8, 4) is 0 Å². The van der Waals surface area contributed by atoms with Gasteiger partial charge >= 0.3 is 0 Å². The molecule has 0 unspecified atom stereocenters. The van der Waals surface area contributed by atoms with Crippen LogP contribution in [0.25, 0.3) is 0 Å². The Hall–Kier alpha value is -2.18. The Morgan fingerprint density at radius 1 is 1.00 bits per heavy atom. The van der Waals surface area contributed by atoms with Gasteiger partial charge in [-0.3, -0.25) is 4.79 Å². The number of carbonyl (C=O) groups is 1. The number of carbonyl (C=O) groups excluding carboxylic acids is 1. The maximum Gasteiger partial charge on any atom is 0.240 e. The lowest BCUT2D eigenvalue weighted by molar-refractivity contribution is -0.116. The lowest BCUT2D eigenvalue weighted by Crippen LogP contribution is -2.18. The summed E-state index contributed by atoms with van der Waals surface area (Å²) in [5.41, 5.74) is 3.92. The Balaban J connectivity index is 1.94. The summed E-state index contributed by atoms with van der Waals surface area (Å²) >= 11 is 0. The third-order valence-corrected chi connectivity index (χ3v) is 5.08. The van der Waals surface area contributed by atoms with E-state index in [0.29, 0.717) is 12.8 Å². The minimum absolute atomic E-state index is 0.0630. The van der Waals surface area contributed by atoms with Crippen molar-refractivity contribution in [2.45, 2.75) is 31.6 Å². The van der Waals surface area contributed by atoms with Gasteiger partial charge in [0.1, 0.15) is 0 Å². The lowest BCUT2D eigenvalue weighted by Gasteiger charge is -2.08. The van der Waals surface area contributed by atoms with Gasteiger partial charge in [0.2, 0.25) is 15.9 Å². The molecule has 6 heteroatoms. The molecule has 0 fully saturated rings. The molecule has 2 aromatic carbocycles. The van der Waals surface area contributed by atoms with Crippen LogP contribution in [0.15, 0.2) is 47.4 Å². The van der Waals surface area contributed by atoms with Crippen LogP contribution in [0.5, 0.6) is 0 Å². The Labute approximate surface area is 143 Å². The first-order chi connectivity index (χ1) is 11.3. The molecule has 0 atom stereocenters. The number of sulfonamides is 1. The Morgan fingerprint density at radius 2 is 1.58 bits per heavy atom. The largest absolute Gasteiger partial charge is 0.326 e. The molecule has 0 saturated heterocycles. The van der Waals surface area contributed by atoms with Crippen molar-refractivity contribution in [2.75, 3.05) is 12.4 Å². The number of hydrogen-bond donors (Lipinski definition) is 2. The van der Waals surface area contributed by atoms with Crippen LogP contribution in [0.2, 0.25) is 0 Å². The molecular weight excluding hydrogens is 324 g/mol. The van der Waals surface area contributed by atoms with Gasteiger partial charge in [-0.05, 0) is 68.3 Å². The van der Waals surface area contributed by atoms with Gasteiger partial charge in [-0.1, -0.05) is 18.2 Å². The van der Waals surface area contributed by atoms with Crippen molar-refractivity contribution in [2.24, 2.45) is 0 Å². The van der Waals surface area contributed by atoms with Crippen molar-refractivity contribution in [1.29, 1.82) is 0 Å². The second-order valence-electron chi connectivity index (χ2n) is 5.78. The number of aryl methyl sites for hydroxylation is 3. The van der Waals surface area contributed by atoms with Gasteiger partial charge in [0.15, 0.2) is 0 Å². The molecule has 2 aromatic rings. The fourth-order valence-electron chi connectivity index (χ4n) is 2.48. The van der Waals surface area contributed by atoms with E-state index in [0.717, 1.165) is 22.4 Å². The first-order valence-electron chi connectivity index (χ1n) is 7.71. The SMILES string of the molecule is CNS(=O)(=O)c1ccc(CCC(=O)Nc2cc(C)cc(C)c2)cc1. The van der Waals surface area contributed by atoms with Crippen LogP contribution in [-0.4, -0.2) is 21.4 Å². The molecule has 0 heterocycles. The van der Waals surface area contributed by atoms with Crippen LogP contribution in [0, 0.1) is 13.8 Å². The molecular formula is C18H22N2O3S. The second-order valence-corrected chi connectivity index (χ2v) is 7.66. The Bertz CT molecular complexity index is 808. The number of anilines is 1. The first-order valence-corrected chi connectivity index (χ1v) is 9.19. The van der Waals surface area contributed by atoms with Crippen molar-refractivity contribution in [3.05, 3.63) is 59.2 Å². The fraction of sp³-hybridized carbons (Fsp3) is 0.278. The molecule has 0 bridgehead atoms. The summed E-state index contributed by atoms with van der Waals surface area (Å²) in [6, 6.07) is 12.5. The van der Waals surface area contributed by atoms with Crippen LogP contribution in [0.3, 0.4) is 0 Å². The smallest absolute Gasteiger partial charge is 0.240 e. The predicted molar refractivity (Wildman–Crippen MR) is 95.6 cm³/mol. The van der Waals surface area contributed by atoms with Crippen LogP contribution in [-0.2, 0) is 21.2 Å². The summed E-state index contributed by atoms with van der Waals surface area (Å²) in [7, 11) is -2.05. The standard InChI is InChI=1S/C18H22N2O3S/c1-13-10-14(2)12-16(11-13)20-18(21)9-6-15-4-7-17(8-5-15)24(22,23)19-3/h4-5,7-8,10-12,19H,6,9H2,1-3H3,(H,20,21). The van der Waals surface area contributed by atoms with Gasteiger partial charge in [-0.15, -0.1) is 0 Å². The molecule has 0 radical (unpaired) electrons. The molecule has 24 heavy (non-hydrogen) atoms. The number of rotatable bonds is 6. The fourth-order valence-corrected chi connectivity index (χ4v) is 3.21. The number of hydrogen-bond acceptors (Lipinski definition) is 3. The molecule has 2 N–H and O–H groups in total. The molecule has 1 amide bonds. The van der Waals surface area contributed by atoms with Gasteiger partial charge < -0.3 is 5.32 Å². The molecule has 0 aliphatic heterocycles. The Morgan fingerprint density at radius 3 is 2.12 bits per heavy atom. The van der Waals surface area contributed by atoms with E-state index in [1.807, 2.05) is 26.0 Å². The highest BCUT2D eigenvalue weighted by Crippen LogP contribution is 2.15. The van der Waals surface area contributed by atoms with E-state index in [2.05, 4.69) is 16.1 Å². The summed E-state index contributed by atoms with van der Waals surface area (Å²) in [4.78, 5) is 12.3. The highest BCUT2D eigenvalue weighted by Gasteiger charge is 2.11. The molecule has 0 aliphatic rings.